The van der Waals surface area contributed by atoms with Gasteiger partial charge in [-0.05, 0) is 31.9 Å². The molecule has 0 amide bonds. The molecule has 0 aromatic heterocycles. The lowest BCUT2D eigenvalue weighted by Gasteiger charge is -2.21. The van der Waals surface area contributed by atoms with Gasteiger partial charge in [0.05, 0.1) is 16.9 Å². The first kappa shape index (κ1) is 14.2. The van der Waals surface area contributed by atoms with Crippen molar-refractivity contribution in [3.8, 4) is 0 Å². The van der Waals surface area contributed by atoms with Crippen LogP contribution in [-0.4, -0.2) is 20.8 Å². The molecule has 0 unspecified atom stereocenters. The Morgan fingerprint density at radius 3 is 2.42 bits per heavy atom. The van der Waals surface area contributed by atoms with Crippen LogP contribution in [0.25, 0.3) is 0 Å². The molecule has 104 valence electrons. The first-order valence-corrected chi connectivity index (χ1v) is 7.74. The molecule has 0 bridgehead atoms. The van der Waals surface area contributed by atoms with Crippen LogP contribution in [0.3, 0.4) is 0 Å². The highest BCUT2D eigenvalue weighted by Crippen LogP contribution is 2.35. The second-order valence-electron chi connectivity index (χ2n) is 5.37. The van der Waals surface area contributed by atoms with E-state index in [-0.39, 0.29) is 17.3 Å². The highest BCUT2D eigenvalue weighted by atomic mass is 32.2. The van der Waals surface area contributed by atoms with E-state index in [1.165, 1.54) is 12.1 Å². The van der Waals surface area contributed by atoms with Crippen molar-refractivity contribution in [3.05, 3.63) is 29.8 Å². The highest BCUT2D eigenvalue weighted by Gasteiger charge is 2.39. The summed E-state index contributed by atoms with van der Waals surface area (Å²) in [4.78, 5) is 11.9. The summed E-state index contributed by atoms with van der Waals surface area (Å²) in [5.74, 6) is 0.0895. The minimum Gasteiger partial charge on any atom is -0.299 e. The fraction of sp³-hybridized carbons (Fsp3) is 0.500. The lowest BCUT2D eigenvalue weighted by Crippen LogP contribution is -2.29. The second-order valence-corrected chi connectivity index (χ2v) is 6.98. The van der Waals surface area contributed by atoms with E-state index in [1.54, 1.807) is 19.1 Å². The number of ketones is 1. The number of hydrogen-bond donors (Lipinski definition) is 0. The lowest BCUT2D eigenvalue weighted by atomic mass is 9.89. The zero-order valence-electron chi connectivity index (χ0n) is 11.2. The fourth-order valence-electron chi connectivity index (χ4n) is 2.21. The lowest BCUT2D eigenvalue weighted by molar-refractivity contribution is -0.126. The zero-order chi connectivity index (χ0) is 14.1. The van der Waals surface area contributed by atoms with Gasteiger partial charge in [-0.25, -0.2) is 0 Å². The third-order valence-corrected chi connectivity index (χ3v) is 4.93. The van der Waals surface area contributed by atoms with Crippen LogP contribution in [0.2, 0.25) is 0 Å². The number of carbonyl (C=O) groups excluding carboxylic acids is 1. The molecule has 0 saturated heterocycles. The smallest absolute Gasteiger partial charge is 0.297 e. The normalized spacial score (nSPS) is 23.8. The molecular weight excluding hydrogens is 264 g/mol. The summed E-state index contributed by atoms with van der Waals surface area (Å²) in [6, 6.07) is 6.48. The van der Waals surface area contributed by atoms with Gasteiger partial charge in [0.15, 0.2) is 0 Å². The Hall–Kier alpha value is -1.20. The first-order chi connectivity index (χ1) is 8.83. The van der Waals surface area contributed by atoms with Crippen molar-refractivity contribution >= 4 is 15.9 Å². The van der Waals surface area contributed by atoms with Gasteiger partial charge in [-0.2, -0.15) is 8.42 Å². The van der Waals surface area contributed by atoms with Crippen LogP contribution < -0.4 is 0 Å². The molecule has 0 aliphatic heterocycles. The van der Waals surface area contributed by atoms with Crippen LogP contribution in [0, 0.1) is 12.3 Å². The summed E-state index contributed by atoms with van der Waals surface area (Å²) in [5, 5.41) is 0. The number of Topliss-reactive ketones (excluding diaryl/α,β-unsaturated/α-hetero) is 1. The molecule has 1 saturated carbocycles. The molecule has 0 spiro atoms. The minimum absolute atomic E-state index is 0.0674. The molecule has 1 aromatic carbocycles. The second kappa shape index (κ2) is 5.06. The average molecular weight is 282 g/mol. The Labute approximate surface area is 113 Å². The summed E-state index contributed by atoms with van der Waals surface area (Å²) in [7, 11) is -3.78. The molecule has 1 aromatic rings. The molecule has 4 nitrogen and oxygen atoms in total. The summed E-state index contributed by atoms with van der Waals surface area (Å²) in [5.41, 5.74) is 0.328. The van der Waals surface area contributed by atoms with Gasteiger partial charge in [0.25, 0.3) is 10.1 Å². The van der Waals surface area contributed by atoms with Gasteiger partial charge in [0, 0.05) is 6.42 Å². The third-order valence-electron chi connectivity index (χ3n) is 3.65. The Morgan fingerprint density at radius 1 is 1.26 bits per heavy atom. The maximum Gasteiger partial charge on any atom is 0.297 e. The highest BCUT2D eigenvalue weighted by molar-refractivity contribution is 7.86. The predicted octanol–water partition coefficient (Wildman–Crippen LogP) is 2.46. The standard InChI is InChI=1S/C14H18O4S/c1-11-5-7-12(8-6-11)19(16,17)18-10-14(2)9-3-4-13(14)15/h5-8H,3-4,9-10H2,1-2H3/t14-/m1/s1. The van der Waals surface area contributed by atoms with Crippen molar-refractivity contribution in [1.82, 2.24) is 0 Å². The number of hydrogen-bond acceptors (Lipinski definition) is 4. The Bertz CT molecular complexity index is 574. The first-order valence-electron chi connectivity index (χ1n) is 6.33. The number of carbonyl (C=O) groups is 1. The van der Waals surface area contributed by atoms with Crippen molar-refractivity contribution in [3.63, 3.8) is 0 Å². The van der Waals surface area contributed by atoms with Gasteiger partial charge in [-0.1, -0.05) is 24.6 Å². The van der Waals surface area contributed by atoms with Crippen LogP contribution in [0.5, 0.6) is 0 Å². The molecule has 19 heavy (non-hydrogen) atoms. The molecule has 1 aliphatic rings. The maximum atomic E-state index is 12.0. The van der Waals surface area contributed by atoms with Crippen LogP contribution in [-0.2, 0) is 19.1 Å². The van der Waals surface area contributed by atoms with E-state index in [0.717, 1.165) is 12.0 Å². The monoisotopic (exact) mass is 282 g/mol. The molecule has 5 heteroatoms. The molecule has 0 heterocycles. The van der Waals surface area contributed by atoms with Crippen LogP contribution in [0.1, 0.15) is 31.7 Å². The van der Waals surface area contributed by atoms with Gasteiger partial charge in [-0.15, -0.1) is 0 Å². The third kappa shape index (κ3) is 3.04. The van der Waals surface area contributed by atoms with Gasteiger partial charge in [0.1, 0.15) is 5.78 Å². The van der Waals surface area contributed by atoms with Gasteiger partial charge in [-0.3, -0.25) is 8.98 Å². The fourth-order valence-corrected chi connectivity index (χ4v) is 3.23. The number of aryl methyl sites for hydroxylation is 1. The van der Waals surface area contributed by atoms with E-state index < -0.39 is 15.5 Å². The SMILES string of the molecule is Cc1ccc(S(=O)(=O)OC[C@@]2(C)CCCC2=O)cc1. The largest absolute Gasteiger partial charge is 0.299 e. The maximum absolute atomic E-state index is 12.0. The van der Waals surface area contributed by atoms with Crippen molar-refractivity contribution < 1.29 is 17.4 Å². The average Bonchev–Trinajstić information content (AvgIpc) is 2.69. The van der Waals surface area contributed by atoms with Crippen molar-refractivity contribution in [2.45, 2.75) is 38.0 Å². The molecule has 0 N–H and O–H groups in total. The Kier molecular flexibility index (Phi) is 3.78. The summed E-state index contributed by atoms with van der Waals surface area (Å²) in [6.07, 6.45) is 2.02. The van der Waals surface area contributed by atoms with Gasteiger partial charge in [0.2, 0.25) is 0 Å². The Balaban J connectivity index is 2.10. The summed E-state index contributed by atoms with van der Waals surface area (Å²) in [6.45, 7) is 3.59. The molecule has 0 radical (unpaired) electrons. The van der Waals surface area contributed by atoms with Crippen LogP contribution in [0.4, 0.5) is 0 Å². The van der Waals surface area contributed by atoms with E-state index >= 15 is 0 Å². The predicted molar refractivity (Wildman–Crippen MR) is 71.3 cm³/mol. The van der Waals surface area contributed by atoms with Gasteiger partial charge < -0.3 is 0 Å². The Morgan fingerprint density at radius 2 is 1.89 bits per heavy atom. The molecule has 1 fully saturated rings. The van der Waals surface area contributed by atoms with Crippen LogP contribution in [0.15, 0.2) is 29.2 Å². The topological polar surface area (TPSA) is 60.4 Å². The van der Waals surface area contributed by atoms with Crippen molar-refractivity contribution in [1.29, 1.82) is 0 Å². The minimum atomic E-state index is -3.78. The van der Waals surface area contributed by atoms with Crippen molar-refractivity contribution in [2.24, 2.45) is 5.41 Å². The van der Waals surface area contributed by atoms with E-state index in [4.69, 9.17) is 4.18 Å². The van der Waals surface area contributed by atoms with Crippen LogP contribution >= 0.6 is 0 Å². The molecule has 2 rings (SSSR count). The molecular formula is C14H18O4S. The van der Waals surface area contributed by atoms with E-state index in [9.17, 15) is 13.2 Å². The number of rotatable bonds is 4. The number of benzene rings is 1. The summed E-state index contributed by atoms with van der Waals surface area (Å²) >= 11 is 0. The molecule has 1 aliphatic carbocycles. The van der Waals surface area contributed by atoms with Gasteiger partial charge >= 0.3 is 0 Å². The van der Waals surface area contributed by atoms with Crippen molar-refractivity contribution in [2.75, 3.05) is 6.61 Å². The molecule has 1 atom stereocenters. The zero-order valence-corrected chi connectivity index (χ0v) is 12.0. The van der Waals surface area contributed by atoms with E-state index in [0.29, 0.717) is 12.8 Å². The summed E-state index contributed by atoms with van der Waals surface area (Å²) < 4.78 is 29.1. The van der Waals surface area contributed by atoms with E-state index in [1.807, 2.05) is 6.92 Å². The quantitative estimate of drug-likeness (QED) is 0.796. The van der Waals surface area contributed by atoms with E-state index in [2.05, 4.69) is 0 Å².